The average Bonchev–Trinajstić information content (AvgIpc) is 3.41. The lowest BCUT2D eigenvalue weighted by Gasteiger charge is -2.18. The molecule has 4 rings (SSSR count). The summed E-state index contributed by atoms with van der Waals surface area (Å²) in [7, 11) is 0. The second-order valence-electron chi connectivity index (χ2n) is 7.87. The van der Waals surface area contributed by atoms with Gasteiger partial charge in [-0.15, -0.1) is 37.2 Å². The Bertz CT molecular complexity index is 837. The monoisotopic (exact) mass is 492 g/mol. The van der Waals surface area contributed by atoms with Gasteiger partial charge in [-0.25, -0.2) is 4.98 Å². The minimum absolute atomic E-state index is 0. The van der Waals surface area contributed by atoms with Crippen LogP contribution in [0.3, 0.4) is 0 Å². The lowest BCUT2D eigenvalue weighted by atomic mass is 10.2. The molecule has 7 nitrogen and oxygen atoms in total. The van der Waals surface area contributed by atoms with E-state index in [0.29, 0.717) is 12.2 Å². The molecule has 0 amide bonds. The van der Waals surface area contributed by atoms with Crippen LogP contribution in [0, 0.1) is 0 Å². The second kappa shape index (κ2) is 14.1. The van der Waals surface area contributed by atoms with E-state index < -0.39 is 0 Å². The van der Waals surface area contributed by atoms with Gasteiger partial charge in [0.2, 0.25) is 0 Å². The Labute approximate surface area is 203 Å². The first-order valence-electron chi connectivity index (χ1n) is 10.7. The van der Waals surface area contributed by atoms with Gasteiger partial charge in [-0.1, -0.05) is 6.07 Å². The minimum atomic E-state index is 0. The summed E-state index contributed by atoms with van der Waals surface area (Å²) in [4.78, 5) is 22.7. The van der Waals surface area contributed by atoms with Gasteiger partial charge in [0.1, 0.15) is 11.5 Å². The fourth-order valence-corrected chi connectivity index (χ4v) is 4.23. The van der Waals surface area contributed by atoms with Crippen molar-refractivity contribution in [1.29, 1.82) is 0 Å². The van der Waals surface area contributed by atoms with E-state index in [4.69, 9.17) is 4.98 Å². The second-order valence-corrected chi connectivity index (χ2v) is 7.87. The van der Waals surface area contributed by atoms with Gasteiger partial charge < -0.3 is 20.4 Å². The first kappa shape index (κ1) is 27.9. The summed E-state index contributed by atoms with van der Waals surface area (Å²) in [6.45, 7) is 9.05. The maximum atomic E-state index is 13.0. The Balaban J connectivity index is 0.00000160. The molecule has 0 unspecified atom stereocenters. The van der Waals surface area contributed by atoms with Crippen LogP contribution < -0.4 is 16.2 Å². The first-order chi connectivity index (χ1) is 13.8. The van der Waals surface area contributed by atoms with Gasteiger partial charge in [0.25, 0.3) is 5.56 Å². The maximum Gasteiger partial charge on any atom is 0.264 e. The highest BCUT2D eigenvalue weighted by Gasteiger charge is 2.15. The van der Waals surface area contributed by atoms with Crippen molar-refractivity contribution in [3.63, 3.8) is 0 Å². The highest BCUT2D eigenvalue weighted by Crippen LogP contribution is 2.12. The molecule has 2 N–H and O–H groups in total. The number of hydrogen-bond donors (Lipinski definition) is 2. The van der Waals surface area contributed by atoms with Gasteiger partial charge in [-0.05, 0) is 64.0 Å². The molecule has 0 spiro atoms. The molecule has 0 bridgehead atoms. The number of nitrogens with one attached hydrogen (secondary N) is 2. The average molecular weight is 494 g/mol. The standard InChI is InChI=1S/C21H32N6O.3ClH/c28-21-18(17-22-8-15-25-10-3-4-11-25)20(23-9-16-26-12-5-6-13-26)24-19-7-1-2-14-27(19)21;;;/h1-2,7,14,22-23H,3-6,8-13,15-17H2;3*1H. The molecule has 0 aromatic carbocycles. The summed E-state index contributed by atoms with van der Waals surface area (Å²) in [6, 6.07) is 5.68. The van der Waals surface area contributed by atoms with E-state index in [0.717, 1.165) is 37.6 Å². The molecule has 2 aromatic heterocycles. The van der Waals surface area contributed by atoms with E-state index >= 15 is 0 Å². The number of nitrogens with zero attached hydrogens (tertiary/aromatic N) is 4. The van der Waals surface area contributed by atoms with Gasteiger partial charge in [-0.2, -0.15) is 0 Å². The van der Waals surface area contributed by atoms with Crippen molar-refractivity contribution in [2.75, 3.05) is 57.7 Å². The molecule has 2 aliphatic rings. The van der Waals surface area contributed by atoms with Crippen LogP contribution >= 0.6 is 37.2 Å². The van der Waals surface area contributed by atoms with E-state index in [1.54, 1.807) is 10.6 Å². The summed E-state index contributed by atoms with van der Waals surface area (Å²) < 4.78 is 1.64. The minimum Gasteiger partial charge on any atom is -0.368 e. The fraction of sp³-hybridized carbons (Fsp3) is 0.619. The lowest BCUT2D eigenvalue weighted by Crippen LogP contribution is -2.33. The summed E-state index contributed by atoms with van der Waals surface area (Å²) >= 11 is 0. The quantitative estimate of drug-likeness (QED) is 0.524. The summed E-state index contributed by atoms with van der Waals surface area (Å²) in [5.41, 5.74) is 1.44. The number of pyridine rings is 1. The van der Waals surface area contributed by atoms with E-state index in [2.05, 4.69) is 20.4 Å². The normalized spacial score (nSPS) is 16.5. The number of anilines is 1. The van der Waals surface area contributed by atoms with Gasteiger partial charge in [0.15, 0.2) is 0 Å². The molecule has 2 fully saturated rings. The predicted octanol–water partition coefficient (Wildman–Crippen LogP) is 2.65. The van der Waals surface area contributed by atoms with Crippen LogP contribution in [0.15, 0.2) is 29.2 Å². The number of hydrogen-bond acceptors (Lipinski definition) is 6. The highest BCUT2D eigenvalue weighted by atomic mass is 35.5. The number of rotatable bonds is 9. The van der Waals surface area contributed by atoms with Crippen LogP contribution in [0.4, 0.5) is 5.82 Å². The zero-order valence-corrected chi connectivity index (χ0v) is 20.4. The van der Waals surface area contributed by atoms with Gasteiger partial charge in [0.05, 0.1) is 5.56 Å². The third-order valence-corrected chi connectivity index (χ3v) is 5.85. The number of likely N-dealkylation sites (tertiary alicyclic amines) is 2. The van der Waals surface area contributed by atoms with Gasteiger partial charge in [0, 0.05) is 38.9 Å². The molecule has 10 heteroatoms. The molecule has 0 radical (unpaired) electrons. The van der Waals surface area contributed by atoms with Crippen LogP contribution in [0.1, 0.15) is 31.2 Å². The largest absolute Gasteiger partial charge is 0.368 e. The molecule has 2 saturated heterocycles. The third-order valence-electron chi connectivity index (χ3n) is 5.85. The smallest absolute Gasteiger partial charge is 0.264 e. The van der Waals surface area contributed by atoms with Crippen molar-refractivity contribution in [3.8, 4) is 0 Å². The zero-order chi connectivity index (χ0) is 19.2. The summed E-state index contributed by atoms with van der Waals surface area (Å²) in [5, 5.41) is 6.90. The Morgan fingerprint density at radius 1 is 0.871 bits per heavy atom. The molecule has 2 aromatic rings. The Hall–Kier alpha value is -1.09. The SMILES string of the molecule is Cl.Cl.Cl.O=c1c(CNCCN2CCCC2)c(NCCN2CCCC2)nc2ccccn12. The van der Waals surface area contributed by atoms with Crippen LogP contribution in [0.2, 0.25) is 0 Å². The van der Waals surface area contributed by atoms with Crippen molar-refractivity contribution in [3.05, 3.63) is 40.3 Å². The topological polar surface area (TPSA) is 64.9 Å². The predicted molar refractivity (Wildman–Crippen MR) is 135 cm³/mol. The highest BCUT2D eigenvalue weighted by molar-refractivity contribution is 5.86. The molecule has 4 heterocycles. The maximum absolute atomic E-state index is 13.0. The molecular weight excluding hydrogens is 459 g/mol. The lowest BCUT2D eigenvalue weighted by molar-refractivity contribution is 0.335. The van der Waals surface area contributed by atoms with Crippen molar-refractivity contribution >= 4 is 48.7 Å². The van der Waals surface area contributed by atoms with Crippen molar-refractivity contribution in [1.82, 2.24) is 24.5 Å². The Morgan fingerprint density at radius 3 is 2.13 bits per heavy atom. The van der Waals surface area contributed by atoms with Gasteiger partial charge in [-0.3, -0.25) is 9.20 Å². The number of fused-ring (bicyclic) bond motifs is 1. The van der Waals surface area contributed by atoms with E-state index in [1.165, 1.54) is 51.9 Å². The molecule has 0 saturated carbocycles. The Kier molecular flexibility index (Phi) is 12.7. The van der Waals surface area contributed by atoms with E-state index in [9.17, 15) is 4.79 Å². The molecule has 176 valence electrons. The zero-order valence-electron chi connectivity index (χ0n) is 17.9. The summed E-state index contributed by atoms with van der Waals surface area (Å²) in [6.07, 6.45) is 7.00. The van der Waals surface area contributed by atoms with Crippen LogP contribution in [0.25, 0.3) is 5.65 Å². The molecule has 2 aliphatic heterocycles. The van der Waals surface area contributed by atoms with Crippen LogP contribution in [0.5, 0.6) is 0 Å². The van der Waals surface area contributed by atoms with Crippen molar-refractivity contribution in [2.24, 2.45) is 0 Å². The van der Waals surface area contributed by atoms with Gasteiger partial charge >= 0.3 is 0 Å². The summed E-state index contributed by atoms with van der Waals surface area (Å²) in [5.74, 6) is 0.726. The Morgan fingerprint density at radius 2 is 1.48 bits per heavy atom. The van der Waals surface area contributed by atoms with Crippen molar-refractivity contribution < 1.29 is 0 Å². The van der Waals surface area contributed by atoms with Crippen molar-refractivity contribution in [2.45, 2.75) is 32.2 Å². The third kappa shape index (κ3) is 7.48. The van der Waals surface area contributed by atoms with E-state index in [-0.39, 0.29) is 42.8 Å². The number of halogens is 3. The van der Waals surface area contributed by atoms with Crippen LogP contribution in [-0.4, -0.2) is 71.5 Å². The van der Waals surface area contributed by atoms with E-state index in [1.807, 2.05) is 18.2 Å². The molecule has 0 atom stereocenters. The molecule has 0 aliphatic carbocycles. The first-order valence-corrected chi connectivity index (χ1v) is 10.7. The van der Waals surface area contributed by atoms with Crippen LogP contribution in [-0.2, 0) is 6.54 Å². The number of aromatic nitrogens is 2. The molecule has 31 heavy (non-hydrogen) atoms. The fourth-order valence-electron chi connectivity index (χ4n) is 4.23. The molecular formula is C21H35Cl3N6O.